The van der Waals surface area contributed by atoms with Crippen LogP contribution in [0.15, 0.2) is 35.2 Å². The highest BCUT2D eigenvalue weighted by atomic mass is 32.2. The average molecular weight is 407 g/mol. The molecule has 1 heterocycles. The van der Waals surface area contributed by atoms with Crippen LogP contribution in [0.3, 0.4) is 0 Å². The van der Waals surface area contributed by atoms with Gasteiger partial charge in [0.1, 0.15) is 0 Å². The van der Waals surface area contributed by atoms with E-state index in [2.05, 4.69) is 17.0 Å². The van der Waals surface area contributed by atoms with E-state index in [9.17, 15) is 13.2 Å². The maximum Gasteiger partial charge on any atom is 0.265 e. The van der Waals surface area contributed by atoms with Crippen molar-refractivity contribution in [2.75, 3.05) is 5.32 Å². The Hall–Kier alpha value is -1.70. The van der Waals surface area contributed by atoms with Crippen molar-refractivity contribution in [2.24, 2.45) is 5.92 Å². The van der Waals surface area contributed by atoms with Gasteiger partial charge in [-0.05, 0) is 75.8 Å². The van der Waals surface area contributed by atoms with Crippen molar-refractivity contribution in [3.8, 4) is 0 Å². The van der Waals surface area contributed by atoms with Gasteiger partial charge in [0.05, 0.1) is 9.77 Å². The highest BCUT2D eigenvalue weighted by Crippen LogP contribution is 2.32. The summed E-state index contributed by atoms with van der Waals surface area (Å²) in [4.78, 5) is 14.7. The Bertz CT molecular complexity index is 956. The fourth-order valence-corrected chi connectivity index (χ4v) is 5.78. The molecule has 0 saturated carbocycles. The number of anilines is 1. The zero-order valence-corrected chi connectivity index (χ0v) is 17.8. The molecular formula is C20H26N2O3S2. The van der Waals surface area contributed by atoms with Crippen LogP contribution in [0.4, 0.5) is 5.69 Å². The summed E-state index contributed by atoms with van der Waals surface area (Å²) < 4.78 is 27.6. The Morgan fingerprint density at radius 1 is 1.22 bits per heavy atom. The molecule has 5 nitrogen and oxygen atoms in total. The number of benzene rings is 1. The van der Waals surface area contributed by atoms with Gasteiger partial charge in [-0.15, -0.1) is 11.3 Å². The third kappa shape index (κ3) is 4.97. The molecule has 1 amide bonds. The van der Waals surface area contributed by atoms with Gasteiger partial charge in [0.25, 0.3) is 5.91 Å². The number of nitrogens with one attached hydrogen (secondary N) is 2. The summed E-state index contributed by atoms with van der Waals surface area (Å²) in [6.45, 7) is 7.60. The van der Waals surface area contributed by atoms with Crippen LogP contribution in [0.2, 0.25) is 0 Å². The molecule has 1 atom stereocenters. The Morgan fingerprint density at radius 3 is 2.67 bits per heavy atom. The van der Waals surface area contributed by atoms with E-state index in [4.69, 9.17) is 0 Å². The van der Waals surface area contributed by atoms with Crippen molar-refractivity contribution in [2.45, 2.75) is 57.4 Å². The minimum atomic E-state index is -3.65. The van der Waals surface area contributed by atoms with Crippen LogP contribution < -0.4 is 10.0 Å². The van der Waals surface area contributed by atoms with E-state index in [1.165, 1.54) is 33.9 Å². The van der Waals surface area contributed by atoms with E-state index < -0.39 is 15.6 Å². The number of fused-ring (bicyclic) bond motifs is 1. The maximum atomic E-state index is 12.6. The Balaban J connectivity index is 1.78. The third-order valence-electron chi connectivity index (χ3n) is 4.40. The SMILES string of the molecule is C[C@H]1CCc2sc(C(=O)Nc3cccc(S(=O)(=O)NC(C)(C)C)c3)cc2C1. The van der Waals surface area contributed by atoms with Gasteiger partial charge in [0.2, 0.25) is 10.0 Å². The van der Waals surface area contributed by atoms with Crippen molar-refractivity contribution in [3.05, 3.63) is 45.6 Å². The number of hydrogen-bond donors (Lipinski definition) is 2. The summed E-state index contributed by atoms with van der Waals surface area (Å²) in [6, 6.07) is 8.32. The van der Waals surface area contributed by atoms with E-state index in [-0.39, 0.29) is 10.8 Å². The van der Waals surface area contributed by atoms with Crippen LogP contribution in [0, 0.1) is 5.92 Å². The van der Waals surface area contributed by atoms with Crippen LogP contribution in [-0.2, 0) is 22.9 Å². The minimum Gasteiger partial charge on any atom is -0.321 e. The molecule has 1 aromatic carbocycles. The fourth-order valence-electron chi connectivity index (χ4n) is 3.21. The average Bonchev–Trinajstić information content (AvgIpc) is 2.96. The van der Waals surface area contributed by atoms with Crippen LogP contribution >= 0.6 is 11.3 Å². The molecule has 1 aliphatic carbocycles. The molecule has 0 bridgehead atoms. The fraction of sp³-hybridized carbons (Fsp3) is 0.450. The molecule has 0 aliphatic heterocycles. The topological polar surface area (TPSA) is 75.3 Å². The smallest absolute Gasteiger partial charge is 0.265 e. The number of carbonyl (C=O) groups is 1. The lowest BCUT2D eigenvalue weighted by molar-refractivity contribution is 0.103. The zero-order chi connectivity index (χ0) is 19.8. The monoisotopic (exact) mass is 406 g/mol. The maximum absolute atomic E-state index is 12.6. The quantitative estimate of drug-likeness (QED) is 0.799. The minimum absolute atomic E-state index is 0.134. The van der Waals surface area contributed by atoms with Crippen LogP contribution in [0.5, 0.6) is 0 Å². The molecule has 2 N–H and O–H groups in total. The first-order valence-corrected chi connectivity index (χ1v) is 11.4. The molecule has 0 spiro atoms. The summed E-state index contributed by atoms with van der Waals surface area (Å²) in [7, 11) is -3.65. The van der Waals surface area contributed by atoms with Crippen molar-refractivity contribution in [1.29, 1.82) is 0 Å². The number of sulfonamides is 1. The van der Waals surface area contributed by atoms with Gasteiger partial charge in [-0.3, -0.25) is 4.79 Å². The van der Waals surface area contributed by atoms with Crippen molar-refractivity contribution in [1.82, 2.24) is 4.72 Å². The molecule has 0 fully saturated rings. The molecule has 0 saturated heterocycles. The molecule has 3 rings (SSSR count). The van der Waals surface area contributed by atoms with Gasteiger partial charge in [-0.25, -0.2) is 13.1 Å². The van der Waals surface area contributed by atoms with Gasteiger partial charge in [-0.1, -0.05) is 13.0 Å². The highest BCUT2D eigenvalue weighted by molar-refractivity contribution is 7.89. The number of amides is 1. The second-order valence-corrected chi connectivity index (χ2v) is 11.1. The number of rotatable bonds is 4. The first-order valence-electron chi connectivity index (χ1n) is 9.10. The summed E-state index contributed by atoms with van der Waals surface area (Å²) >= 11 is 1.54. The first kappa shape index (κ1) is 20.0. The van der Waals surface area contributed by atoms with E-state index >= 15 is 0 Å². The largest absolute Gasteiger partial charge is 0.321 e. The van der Waals surface area contributed by atoms with Crippen LogP contribution in [-0.4, -0.2) is 19.9 Å². The predicted molar refractivity (Wildman–Crippen MR) is 110 cm³/mol. The Morgan fingerprint density at radius 2 is 1.96 bits per heavy atom. The third-order valence-corrected chi connectivity index (χ3v) is 7.39. The molecule has 1 aromatic heterocycles. The Kier molecular flexibility index (Phi) is 5.47. The summed E-state index contributed by atoms with van der Waals surface area (Å²) in [6.07, 6.45) is 3.21. The second-order valence-electron chi connectivity index (χ2n) is 8.24. The van der Waals surface area contributed by atoms with E-state index in [0.717, 1.165) is 19.3 Å². The number of aryl methyl sites for hydroxylation is 1. The Labute approximate surface area is 165 Å². The number of carbonyl (C=O) groups excluding carboxylic acids is 1. The second kappa shape index (κ2) is 7.37. The number of thiophene rings is 1. The van der Waals surface area contributed by atoms with E-state index in [1.807, 2.05) is 6.07 Å². The number of hydrogen-bond acceptors (Lipinski definition) is 4. The molecule has 0 unspecified atom stereocenters. The predicted octanol–water partition coefficient (Wildman–Crippen LogP) is 4.20. The molecule has 146 valence electrons. The van der Waals surface area contributed by atoms with Gasteiger partial charge in [-0.2, -0.15) is 0 Å². The van der Waals surface area contributed by atoms with E-state index in [1.54, 1.807) is 32.9 Å². The van der Waals surface area contributed by atoms with Crippen LogP contribution in [0.25, 0.3) is 0 Å². The highest BCUT2D eigenvalue weighted by Gasteiger charge is 2.23. The molecule has 0 radical (unpaired) electrons. The van der Waals surface area contributed by atoms with Crippen molar-refractivity contribution < 1.29 is 13.2 Å². The standard InChI is InChI=1S/C20H26N2O3S2/c1-13-8-9-17-14(10-13)11-18(26-17)19(23)21-15-6-5-7-16(12-15)27(24,25)22-20(2,3)4/h5-7,11-13,22H,8-10H2,1-4H3,(H,21,23)/t13-/m0/s1. The normalized spacial score (nSPS) is 17.4. The lowest BCUT2D eigenvalue weighted by Crippen LogP contribution is -2.40. The lowest BCUT2D eigenvalue weighted by Gasteiger charge is -2.20. The summed E-state index contributed by atoms with van der Waals surface area (Å²) in [5.41, 5.74) is 1.16. The van der Waals surface area contributed by atoms with Crippen LogP contribution in [0.1, 0.15) is 54.2 Å². The van der Waals surface area contributed by atoms with Gasteiger partial charge < -0.3 is 5.32 Å². The molecule has 2 aromatic rings. The van der Waals surface area contributed by atoms with Gasteiger partial charge in [0.15, 0.2) is 0 Å². The van der Waals surface area contributed by atoms with Gasteiger partial charge in [0, 0.05) is 16.1 Å². The molecule has 7 heteroatoms. The van der Waals surface area contributed by atoms with Crippen molar-refractivity contribution >= 4 is 33.0 Å². The van der Waals surface area contributed by atoms with Crippen molar-refractivity contribution in [3.63, 3.8) is 0 Å². The van der Waals surface area contributed by atoms with E-state index in [0.29, 0.717) is 16.5 Å². The molecular weight excluding hydrogens is 380 g/mol. The lowest BCUT2D eigenvalue weighted by atomic mass is 9.90. The zero-order valence-electron chi connectivity index (χ0n) is 16.1. The first-order chi connectivity index (χ1) is 12.5. The summed E-state index contributed by atoms with van der Waals surface area (Å²) in [5.74, 6) is 0.459. The molecule has 1 aliphatic rings. The molecule has 27 heavy (non-hydrogen) atoms. The summed E-state index contributed by atoms with van der Waals surface area (Å²) in [5, 5.41) is 2.83. The van der Waals surface area contributed by atoms with Gasteiger partial charge >= 0.3 is 0 Å².